The molecular formula is C24H33N5O3. The first kappa shape index (κ1) is 23.5. The second-order valence-electron chi connectivity index (χ2n) is 8.53. The highest BCUT2D eigenvalue weighted by Gasteiger charge is 2.28. The van der Waals surface area contributed by atoms with Crippen molar-refractivity contribution in [1.82, 2.24) is 20.2 Å². The first-order valence-corrected chi connectivity index (χ1v) is 11.3. The van der Waals surface area contributed by atoms with Crippen molar-refractivity contribution < 1.29 is 14.0 Å². The van der Waals surface area contributed by atoms with E-state index in [9.17, 15) is 9.59 Å². The highest BCUT2D eigenvalue weighted by Crippen LogP contribution is 2.25. The zero-order valence-electron chi connectivity index (χ0n) is 19.0. The first-order chi connectivity index (χ1) is 15.5. The average molecular weight is 440 g/mol. The van der Waals surface area contributed by atoms with Gasteiger partial charge in [0.2, 0.25) is 5.76 Å². The third-order valence-corrected chi connectivity index (χ3v) is 5.88. The number of aromatic nitrogens is 2. The summed E-state index contributed by atoms with van der Waals surface area (Å²) in [5.41, 5.74) is 2.09. The number of rotatable bonds is 10. The van der Waals surface area contributed by atoms with E-state index >= 15 is 0 Å². The minimum absolute atomic E-state index is 0.0453. The molecule has 0 unspecified atom stereocenters. The van der Waals surface area contributed by atoms with Gasteiger partial charge in [0.15, 0.2) is 6.39 Å². The number of carbonyl (C=O) groups excluding carboxylic acids is 2. The van der Waals surface area contributed by atoms with E-state index < -0.39 is 0 Å². The van der Waals surface area contributed by atoms with Gasteiger partial charge >= 0.3 is 0 Å². The zero-order chi connectivity index (χ0) is 22.9. The SMILES string of the molecule is C=NC=Cc1ccc(C(=O)NCCCCC2CCN(C(=O)c3ocnc3C(C)C)CC2)[nH]1. The van der Waals surface area contributed by atoms with Gasteiger partial charge in [-0.1, -0.05) is 26.7 Å². The average Bonchev–Trinajstić information content (AvgIpc) is 3.47. The summed E-state index contributed by atoms with van der Waals surface area (Å²) in [6, 6.07) is 3.59. The van der Waals surface area contributed by atoms with Gasteiger partial charge in [-0.2, -0.15) is 0 Å². The summed E-state index contributed by atoms with van der Waals surface area (Å²) in [5.74, 6) is 1.02. The maximum absolute atomic E-state index is 12.8. The Hall–Kier alpha value is -3.16. The minimum Gasteiger partial charge on any atom is -0.438 e. The summed E-state index contributed by atoms with van der Waals surface area (Å²) in [7, 11) is 0. The van der Waals surface area contributed by atoms with Gasteiger partial charge in [-0.15, -0.1) is 0 Å². The number of oxazole rings is 1. The summed E-state index contributed by atoms with van der Waals surface area (Å²) in [5, 5.41) is 2.96. The van der Waals surface area contributed by atoms with Crippen LogP contribution in [0, 0.1) is 5.92 Å². The van der Waals surface area contributed by atoms with Crippen molar-refractivity contribution in [3.8, 4) is 0 Å². The third-order valence-electron chi connectivity index (χ3n) is 5.88. The van der Waals surface area contributed by atoms with E-state index in [2.05, 4.69) is 27.0 Å². The molecule has 2 amide bonds. The number of piperidine rings is 1. The van der Waals surface area contributed by atoms with Crippen LogP contribution in [-0.4, -0.2) is 53.0 Å². The molecule has 172 valence electrons. The van der Waals surface area contributed by atoms with Crippen molar-refractivity contribution in [2.24, 2.45) is 10.9 Å². The Morgan fingerprint density at radius 1 is 1.34 bits per heavy atom. The first-order valence-electron chi connectivity index (χ1n) is 11.3. The molecule has 1 aliphatic rings. The summed E-state index contributed by atoms with van der Waals surface area (Å²) in [6.07, 6.45) is 9.81. The van der Waals surface area contributed by atoms with Crippen molar-refractivity contribution in [2.45, 2.75) is 51.9 Å². The Bertz CT molecular complexity index is 935. The number of nitrogens with one attached hydrogen (secondary N) is 2. The molecule has 1 saturated heterocycles. The fourth-order valence-electron chi connectivity index (χ4n) is 4.02. The maximum Gasteiger partial charge on any atom is 0.291 e. The molecule has 0 atom stereocenters. The second kappa shape index (κ2) is 11.5. The number of nitrogens with zero attached hydrogens (tertiary/aromatic N) is 3. The molecule has 0 aliphatic carbocycles. The Labute approximate surface area is 189 Å². The van der Waals surface area contributed by atoms with E-state index in [1.54, 1.807) is 18.3 Å². The van der Waals surface area contributed by atoms with Crippen LogP contribution >= 0.6 is 0 Å². The van der Waals surface area contributed by atoms with Crippen LogP contribution in [0.3, 0.4) is 0 Å². The molecule has 2 N–H and O–H groups in total. The van der Waals surface area contributed by atoms with E-state index in [-0.39, 0.29) is 17.7 Å². The highest BCUT2D eigenvalue weighted by molar-refractivity contribution is 5.93. The normalized spacial score (nSPS) is 14.9. The van der Waals surface area contributed by atoms with Gasteiger partial charge in [0, 0.05) is 31.5 Å². The number of hydrogen-bond acceptors (Lipinski definition) is 5. The highest BCUT2D eigenvalue weighted by atomic mass is 16.3. The van der Waals surface area contributed by atoms with Crippen molar-refractivity contribution in [1.29, 1.82) is 0 Å². The summed E-state index contributed by atoms with van der Waals surface area (Å²) < 4.78 is 5.38. The summed E-state index contributed by atoms with van der Waals surface area (Å²) >= 11 is 0. The van der Waals surface area contributed by atoms with Crippen LogP contribution in [0.15, 0.2) is 34.1 Å². The molecular weight excluding hydrogens is 406 g/mol. The van der Waals surface area contributed by atoms with Crippen LogP contribution in [0.5, 0.6) is 0 Å². The lowest BCUT2D eigenvalue weighted by Crippen LogP contribution is -2.38. The lowest BCUT2D eigenvalue weighted by atomic mass is 9.91. The lowest BCUT2D eigenvalue weighted by Gasteiger charge is -2.31. The number of hydrogen-bond donors (Lipinski definition) is 2. The molecule has 1 aliphatic heterocycles. The number of H-pyrrole nitrogens is 1. The Morgan fingerprint density at radius 2 is 2.12 bits per heavy atom. The van der Waals surface area contributed by atoms with Gasteiger partial charge in [0.25, 0.3) is 11.8 Å². The fraction of sp³-hybridized carbons (Fsp3) is 0.500. The van der Waals surface area contributed by atoms with Gasteiger partial charge in [-0.25, -0.2) is 4.98 Å². The number of amides is 2. The fourth-order valence-corrected chi connectivity index (χ4v) is 4.02. The Kier molecular flexibility index (Phi) is 8.41. The van der Waals surface area contributed by atoms with Crippen LogP contribution < -0.4 is 5.32 Å². The molecule has 1 fully saturated rings. The molecule has 2 aromatic rings. The molecule has 3 heterocycles. The largest absolute Gasteiger partial charge is 0.438 e. The van der Waals surface area contributed by atoms with Gasteiger partial charge in [0.05, 0.1) is 5.69 Å². The standard InChI is InChI=1S/C24H33N5O3/c1-17(2)21-22(32-16-27-21)24(31)29-14-10-18(11-15-29)6-4-5-12-26-23(30)20-8-7-19(28-20)9-13-25-3/h7-9,13,16-18,28H,3-6,10-12,14-15H2,1-2H3,(H,26,30). The molecule has 0 spiro atoms. The van der Waals surface area contributed by atoms with Crippen LogP contribution in [0.4, 0.5) is 0 Å². The number of aromatic amines is 1. The van der Waals surface area contributed by atoms with Crippen LogP contribution in [0.1, 0.15) is 84.3 Å². The predicted molar refractivity (Wildman–Crippen MR) is 125 cm³/mol. The topological polar surface area (TPSA) is 104 Å². The second-order valence-corrected chi connectivity index (χ2v) is 8.53. The Balaban J connectivity index is 1.32. The van der Waals surface area contributed by atoms with Crippen molar-refractivity contribution in [3.05, 3.63) is 47.6 Å². The molecule has 8 heteroatoms. The van der Waals surface area contributed by atoms with Crippen LogP contribution in [0.2, 0.25) is 0 Å². The van der Waals surface area contributed by atoms with Gasteiger partial charge in [-0.3, -0.25) is 14.6 Å². The van der Waals surface area contributed by atoms with Gasteiger partial charge < -0.3 is 19.6 Å². The van der Waals surface area contributed by atoms with E-state index in [1.165, 1.54) is 6.39 Å². The smallest absolute Gasteiger partial charge is 0.291 e. The monoisotopic (exact) mass is 439 g/mol. The van der Waals surface area contributed by atoms with E-state index in [0.717, 1.165) is 56.6 Å². The predicted octanol–water partition coefficient (Wildman–Crippen LogP) is 4.25. The molecule has 2 aromatic heterocycles. The number of carbonyl (C=O) groups is 2. The third kappa shape index (κ3) is 6.18. The van der Waals surface area contributed by atoms with E-state index in [4.69, 9.17) is 4.42 Å². The van der Waals surface area contributed by atoms with Crippen molar-refractivity contribution >= 4 is 24.6 Å². The molecule has 0 radical (unpaired) electrons. The van der Waals surface area contributed by atoms with E-state index in [1.807, 2.05) is 24.8 Å². The van der Waals surface area contributed by atoms with E-state index in [0.29, 0.717) is 23.9 Å². The Morgan fingerprint density at radius 3 is 2.84 bits per heavy atom. The van der Waals surface area contributed by atoms with Gasteiger partial charge in [-0.05, 0) is 56.0 Å². The number of unbranched alkanes of at least 4 members (excludes halogenated alkanes) is 1. The van der Waals surface area contributed by atoms with Crippen LogP contribution in [0.25, 0.3) is 6.08 Å². The molecule has 8 nitrogen and oxygen atoms in total. The lowest BCUT2D eigenvalue weighted by molar-refractivity contribution is 0.0651. The minimum atomic E-state index is -0.101. The van der Waals surface area contributed by atoms with Gasteiger partial charge in [0.1, 0.15) is 5.69 Å². The van der Waals surface area contributed by atoms with Crippen molar-refractivity contribution in [2.75, 3.05) is 19.6 Å². The zero-order valence-corrected chi connectivity index (χ0v) is 19.0. The quantitative estimate of drug-likeness (QED) is 0.427. The van der Waals surface area contributed by atoms with Crippen molar-refractivity contribution in [3.63, 3.8) is 0 Å². The molecule has 0 saturated carbocycles. The molecule has 0 aromatic carbocycles. The summed E-state index contributed by atoms with van der Waals surface area (Å²) in [4.78, 5) is 37.7. The maximum atomic E-state index is 12.8. The summed E-state index contributed by atoms with van der Waals surface area (Å²) in [6.45, 7) is 9.57. The molecule has 3 rings (SSSR count). The number of aliphatic imine (C=N–C) groups is 1. The van der Waals surface area contributed by atoms with Crippen LogP contribution in [-0.2, 0) is 0 Å². The molecule has 32 heavy (non-hydrogen) atoms. The molecule has 0 bridgehead atoms. The number of likely N-dealkylation sites (tertiary alicyclic amines) is 1.